The highest BCUT2D eigenvalue weighted by Gasteiger charge is 2.38. The molecule has 3 aliphatic rings. The van der Waals surface area contributed by atoms with Gasteiger partial charge in [0.15, 0.2) is 0 Å². The van der Waals surface area contributed by atoms with Crippen LogP contribution in [0.2, 0.25) is 0 Å². The fraction of sp³-hybridized carbons (Fsp3) is 0.759. The highest BCUT2D eigenvalue weighted by atomic mass is 19.4. The predicted molar refractivity (Wildman–Crippen MR) is 143 cm³/mol. The van der Waals surface area contributed by atoms with Crippen LogP contribution in [0.3, 0.4) is 0 Å². The van der Waals surface area contributed by atoms with E-state index in [1.165, 1.54) is 76.9 Å². The van der Waals surface area contributed by atoms with Gasteiger partial charge in [-0.25, -0.2) is 4.79 Å². The Bertz CT molecular complexity index is 815. The lowest BCUT2D eigenvalue weighted by Crippen LogP contribution is -2.40. The molecule has 9 heteroatoms. The van der Waals surface area contributed by atoms with Crippen LogP contribution in [-0.2, 0) is 11.2 Å². The first-order chi connectivity index (χ1) is 18.1. The fourth-order valence-corrected chi connectivity index (χ4v) is 5.43. The quantitative estimate of drug-likeness (QED) is 0.388. The molecule has 2 heterocycles. The van der Waals surface area contributed by atoms with E-state index in [9.17, 15) is 13.2 Å². The summed E-state index contributed by atoms with van der Waals surface area (Å²) in [6.07, 6.45) is 3.20. The summed E-state index contributed by atoms with van der Waals surface area (Å²) in [7, 11) is 0. The van der Waals surface area contributed by atoms with Gasteiger partial charge in [0.2, 0.25) is 0 Å². The first kappa shape index (κ1) is 30.7. The molecule has 0 radical (unpaired) electrons. The smallest absolute Gasteiger partial charge is 0.490 e. The van der Waals surface area contributed by atoms with E-state index in [2.05, 4.69) is 53.2 Å². The van der Waals surface area contributed by atoms with Crippen LogP contribution in [0.25, 0.3) is 0 Å². The van der Waals surface area contributed by atoms with Gasteiger partial charge < -0.3 is 20.1 Å². The van der Waals surface area contributed by atoms with E-state index in [0.29, 0.717) is 0 Å². The number of hydrogen-bond acceptors (Lipinski definition) is 5. The molecule has 1 saturated carbocycles. The Morgan fingerprint density at radius 3 is 2.13 bits per heavy atom. The maximum Gasteiger partial charge on any atom is 0.490 e. The first-order valence-electron chi connectivity index (χ1n) is 14.3. The van der Waals surface area contributed by atoms with Crippen molar-refractivity contribution in [2.45, 2.75) is 58.5 Å². The van der Waals surface area contributed by atoms with Crippen molar-refractivity contribution >= 4 is 5.97 Å². The zero-order valence-electron chi connectivity index (χ0n) is 23.0. The monoisotopic (exact) mass is 541 g/mol. The van der Waals surface area contributed by atoms with Crippen LogP contribution in [-0.4, -0.2) is 86.0 Å². The zero-order chi connectivity index (χ0) is 27.5. The minimum Gasteiger partial charge on any atom is -0.492 e. The van der Waals surface area contributed by atoms with Gasteiger partial charge in [0, 0.05) is 26.2 Å². The van der Waals surface area contributed by atoms with Crippen LogP contribution >= 0.6 is 0 Å². The van der Waals surface area contributed by atoms with Gasteiger partial charge in [0.05, 0.1) is 0 Å². The molecule has 0 amide bonds. The fourth-order valence-electron chi connectivity index (χ4n) is 5.43. The van der Waals surface area contributed by atoms with Crippen molar-refractivity contribution in [1.82, 2.24) is 15.1 Å². The third kappa shape index (κ3) is 10.7. The second kappa shape index (κ2) is 15.1. The topological polar surface area (TPSA) is 65.0 Å². The number of halogens is 3. The van der Waals surface area contributed by atoms with Crippen LogP contribution < -0.4 is 10.1 Å². The lowest BCUT2D eigenvalue weighted by atomic mass is 9.84. The zero-order valence-corrected chi connectivity index (χ0v) is 23.0. The van der Waals surface area contributed by atoms with E-state index in [1.54, 1.807) is 0 Å². The molecule has 216 valence electrons. The van der Waals surface area contributed by atoms with Crippen molar-refractivity contribution < 1.29 is 27.8 Å². The second-order valence-electron chi connectivity index (χ2n) is 11.5. The third-order valence-electron chi connectivity index (χ3n) is 8.38. The molecule has 38 heavy (non-hydrogen) atoms. The molecule has 1 aromatic carbocycles. The number of likely N-dealkylation sites (tertiary alicyclic amines) is 2. The molecule has 4 rings (SSSR count). The van der Waals surface area contributed by atoms with Crippen LogP contribution in [0, 0.1) is 23.7 Å². The van der Waals surface area contributed by atoms with Crippen molar-refractivity contribution in [2.24, 2.45) is 23.7 Å². The van der Waals surface area contributed by atoms with Gasteiger partial charge in [0.1, 0.15) is 12.4 Å². The van der Waals surface area contributed by atoms with E-state index in [1.807, 2.05) is 0 Å². The summed E-state index contributed by atoms with van der Waals surface area (Å²) in [5, 5.41) is 10.8. The van der Waals surface area contributed by atoms with Crippen LogP contribution in [0.1, 0.15) is 51.5 Å². The Morgan fingerprint density at radius 1 is 1.00 bits per heavy atom. The molecule has 2 N–H and O–H groups in total. The molecular formula is C29H46F3N3O3. The summed E-state index contributed by atoms with van der Waals surface area (Å²) in [5.41, 5.74) is 1.40. The van der Waals surface area contributed by atoms with E-state index >= 15 is 0 Å². The van der Waals surface area contributed by atoms with Crippen molar-refractivity contribution in [3.8, 4) is 5.75 Å². The maximum absolute atomic E-state index is 10.6. The van der Waals surface area contributed by atoms with Gasteiger partial charge in [-0.3, -0.25) is 4.90 Å². The number of nitrogens with zero attached hydrogens (tertiary/aromatic N) is 2. The SMILES string of the molecule is CC1CN(CCOc2ccc(CCNCC3CCN(CC4CCC4)CC3)cc2)CC1C.O=C(O)C(F)(F)F. The van der Waals surface area contributed by atoms with Crippen LogP contribution in [0.4, 0.5) is 13.2 Å². The number of benzene rings is 1. The van der Waals surface area contributed by atoms with Gasteiger partial charge >= 0.3 is 12.1 Å². The van der Waals surface area contributed by atoms with E-state index < -0.39 is 12.1 Å². The molecule has 6 nitrogen and oxygen atoms in total. The Morgan fingerprint density at radius 2 is 1.61 bits per heavy atom. The number of piperidine rings is 1. The summed E-state index contributed by atoms with van der Waals surface area (Å²) in [4.78, 5) is 14.1. The highest BCUT2D eigenvalue weighted by molar-refractivity contribution is 5.73. The van der Waals surface area contributed by atoms with Crippen molar-refractivity contribution in [2.75, 3.05) is 59.0 Å². The van der Waals surface area contributed by atoms with E-state index in [4.69, 9.17) is 14.6 Å². The van der Waals surface area contributed by atoms with Crippen molar-refractivity contribution in [3.05, 3.63) is 29.8 Å². The molecule has 0 aromatic heterocycles. The van der Waals surface area contributed by atoms with Crippen LogP contribution in [0.15, 0.2) is 24.3 Å². The minimum atomic E-state index is -5.08. The Kier molecular flexibility index (Phi) is 12.2. The summed E-state index contributed by atoms with van der Waals surface area (Å²) >= 11 is 0. The maximum atomic E-state index is 10.6. The number of carboxylic acids is 1. The second-order valence-corrected chi connectivity index (χ2v) is 11.5. The van der Waals surface area contributed by atoms with Crippen molar-refractivity contribution in [1.29, 1.82) is 0 Å². The van der Waals surface area contributed by atoms with Crippen LogP contribution in [0.5, 0.6) is 5.75 Å². The van der Waals surface area contributed by atoms with Gasteiger partial charge in [-0.2, -0.15) is 13.2 Å². The minimum absolute atomic E-state index is 0.791. The third-order valence-corrected chi connectivity index (χ3v) is 8.38. The lowest BCUT2D eigenvalue weighted by molar-refractivity contribution is -0.192. The molecule has 0 spiro atoms. The number of hydrogen-bond donors (Lipinski definition) is 2. The van der Waals surface area contributed by atoms with Gasteiger partial charge in [-0.05, 0) is 99.7 Å². The number of alkyl halides is 3. The van der Waals surface area contributed by atoms with Crippen molar-refractivity contribution in [3.63, 3.8) is 0 Å². The van der Waals surface area contributed by atoms with Gasteiger partial charge in [-0.1, -0.05) is 32.4 Å². The molecule has 0 bridgehead atoms. The predicted octanol–water partition coefficient (Wildman–Crippen LogP) is 4.93. The number of aliphatic carboxylic acids is 1. The molecule has 1 aromatic rings. The Balaban J connectivity index is 0.000000505. The number of carbonyl (C=O) groups is 1. The first-order valence-corrected chi connectivity index (χ1v) is 14.3. The van der Waals surface area contributed by atoms with E-state index in [0.717, 1.165) is 55.5 Å². The molecular weight excluding hydrogens is 495 g/mol. The Hall–Kier alpha value is -1.84. The molecule has 3 fully saturated rings. The summed E-state index contributed by atoms with van der Waals surface area (Å²) < 4.78 is 37.7. The molecule has 2 unspecified atom stereocenters. The Labute approximate surface area is 225 Å². The number of nitrogens with one attached hydrogen (secondary N) is 1. The number of rotatable bonds is 11. The lowest BCUT2D eigenvalue weighted by Gasteiger charge is -2.37. The molecule has 1 aliphatic carbocycles. The number of ether oxygens (including phenoxy) is 1. The standard InChI is InChI=1S/C27H45N3O.C2HF3O2/c1-22-19-30(20-23(22)2)16-17-31-27-8-6-24(7-9-27)10-13-28-18-25-11-14-29(15-12-25)21-26-4-3-5-26;3-2(4,5)1(6)7/h6-9,22-23,25-26,28H,3-5,10-21H2,1-2H3;(H,6,7). The summed E-state index contributed by atoms with van der Waals surface area (Å²) in [6.45, 7) is 15.3. The highest BCUT2D eigenvalue weighted by Crippen LogP contribution is 2.28. The normalized spacial score (nSPS) is 23.5. The number of carboxylic acid groups (broad SMARTS) is 1. The largest absolute Gasteiger partial charge is 0.492 e. The average Bonchev–Trinajstić information content (AvgIpc) is 3.17. The molecule has 2 saturated heterocycles. The average molecular weight is 542 g/mol. The van der Waals surface area contributed by atoms with Gasteiger partial charge in [-0.15, -0.1) is 0 Å². The summed E-state index contributed by atoms with van der Waals surface area (Å²) in [5.74, 6) is 1.77. The summed E-state index contributed by atoms with van der Waals surface area (Å²) in [6, 6.07) is 8.75. The van der Waals surface area contributed by atoms with E-state index in [-0.39, 0.29) is 0 Å². The molecule has 2 atom stereocenters. The molecule has 2 aliphatic heterocycles. The van der Waals surface area contributed by atoms with Gasteiger partial charge in [0.25, 0.3) is 0 Å².